The van der Waals surface area contributed by atoms with Crippen molar-refractivity contribution in [3.63, 3.8) is 0 Å². The van der Waals surface area contributed by atoms with Crippen LogP contribution in [0.5, 0.6) is 0 Å². The molecule has 0 amide bonds. The molecule has 0 fully saturated rings. The normalized spacial score (nSPS) is 18.2. The average Bonchev–Trinajstić information content (AvgIpc) is 2.42. The molecule has 104 valence electrons. The van der Waals surface area contributed by atoms with Gasteiger partial charge in [-0.25, -0.2) is 4.39 Å². The molecule has 0 saturated heterocycles. The molecule has 3 rings (SSSR count). The first-order chi connectivity index (χ1) is 9.65. The molecule has 1 aliphatic carbocycles. The maximum absolute atomic E-state index is 13.5. The van der Waals surface area contributed by atoms with E-state index in [-0.39, 0.29) is 16.9 Å². The van der Waals surface area contributed by atoms with Crippen molar-refractivity contribution >= 4 is 11.6 Å². The van der Waals surface area contributed by atoms with E-state index in [1.54, 1.807) is 6.07 Å². The highest BCUT2D eigenvalue weighted by molar-refractivity contribution is 6.30. The molecule has 0 aromatic heterocycles. The molecule has 2 aromatic rings. The largest absolute Gasteiger partial charge is 0.310 e. The molecule has 0 spiro atoms. The summed E-state index contributed by atoms with van der Waals surface area (Å²) in [6.45, 7) is 2.97. The fourth-order valence-corrected chi connectivity index (χ4v) is 2.88. The van der Waals surface area contributed by atoms with E-state index in [1.165, 1.54) is 17.2 Å². The SMILES string of the molecule is CC(NCC1Cc2ccccc21)c1ccc(Cl)c(F)c1. The number of halogens is 2. The zero-order valence-corrected chi connectivity index (χ0v) is 12.1. The van der Waals surface area contributed by atoms with Gasteiger partial charge in [-0.3, -0.25) is 0 Å². The Balaban J connectivity index is 1.60. The van der Waals surface area contributed by atoms with Crippen molar-refractivity contribution in [3.8, 4) is 0 Å². The Labute approximate surface area is 123 Å². The molecule has 0 radical (unpaired) electrons. The van der Waals surface area contributed by atoms with Gasteiger partial charge in [0.2, 0.25) is 0 Å². The Morgan fingerprint density at radius 1 is 1.30 bits per heavy atom. The van der Waals surface area contributed by atoms with E-state index in [0.717, 1.165) is 18.5 Å². The van der Waals surface area contributed by atoms with Gasteiger partial charge in [0.15, 0.2) is 0 Å². The molecule has 1 nitrogen and oxygen atoms in total. The fourth-order valence-electron chi connectivity index (χ4n) is 2.76. The molecule has 2 aromatic carbocycles. The van der Waals surface area contributed by atoms with E-state index in [4.69, 9.17) is 11.6 Å². The molecule has 3 heteroatoms. The summed E-state index contributed by atoms with van der Waals surface area (Å²) in [6, 6.07) is 13.7. The molecular weight excluding hydrogens is 273 g/mol. The monoisotopic (exact) mass is 289 g/mol. The molecule has 20 heavy (non-hydrogen) atoms. The molecule has 2 unspecified atom stereocenters. The first-order valence-electron chi connectivity index (χ1n) is 6.91. The van der Waals surface area contributed by atoms with Crippen LogP contribution in [0, 0.1) is 5.82 Å². The predicted molar refractivity (Wildman–Crippen MR) is 80.7 cm³/mol. The molecule has 1 aliphatic rings. The van der Waals surface area contributed by atoms with E-state index in [2.05, 4.69) is 29.6 Å². The highest BCUT2D eigenvalue weighted by Crippen LogP contribution is 2.34. The Morgan fingerprint density at radius 2 is 2.10 bits per heavy atom. The lowest BCUT2D eigenvalue weighted by Crippen LogP contribution is -2.30. The van der Waals surface area contributed by atoms with Crippen molar-refractivity contribution in [1.29, 1.82) is 0 Å². The van der Waals surface area contributed by atoms with Crippen molar-refractivity contribution in [1.82, 2.24) is 5.32 Å². The van der Waals surface area contributed by atoms with Gasteiger partial charge in [0.25, 0.3) is 0 Å². The van der Waals surface area contributed by atoms with E-state index < -0.39 is 0 Å². The number of hydrogen-bond donors (Lipinski definition) is 1. The minimum absolute atomic E-state index is 0.120. The van der Waals surface area contributed by atoms with Crippen LogP contribution >= 0.6 is 11.6 Å². The van der Waals surface area contributed by atoms with E-state index in [1.807, 2.05) is 13.0 Å². The van der Waals surface area contributed by atoms with Crippen molar-refractivity contribution < 1.29 is 4.39 Å². The van der Waals surface area contributed by atoms with Gasteiger partial charge in [-0.1, -0.05) is 41.9 Å². The number of rotatable bonds is 4. The van der Waals surface area contributed by atoms with Crippen molar-refractivity contribution in [2.45, 2.75) is 25.3 Å². The van der Waals surface area contributed by atoms with Crippen LogP contribution in [0.3, 0.4) is 0 Å². The molecule has 0 aliphatic heterocycles. The third-order valence-electron chi connectivity index (χ3n) is 4.08. The Bertz CT molecular complexity index is 626. The minimum atomic E-state index is -0.355. The summed E-state index contributed by atoms with van der Waals surface area (Å²) < 4.78 is 13.5. The van der Waals surface area contributed by atoms with Gasteiger partial charge in [-0.2, -0.15) is 0 Å². The first-order valence-corrected chi connectivity index (χ1v) is 7.29. The fraction of sp³-hybridized carbons (Fsp3) is 0.294. The number of nitrogens with one attached hydrogen (secondary N) is 1. The smallest absolute Gasteiger partial charge is 0.142 e. The zero-order chi connectivity index (χ0) is 14.1. The van der Waals surface area contributed by atoms with Crippen LogP contribution in [0.15, 0.2) is 42.5 Å². The molecule has 1 N–H and O–H groups in total. The maximum atomic E-state index is 13.5. The zero-order valence-electron chi connectivity index (χ0n) is 11.4. The van der Waals surface area contributed by atoms with E-state index in [0.29, 0.717) is 5.92 Å². The first kappa shape index (κ1) is 13.6. The van der Waals surface area contributed by atoms with Crippen LogP contribution < -0.4 is 5.32 Å². The lowest BCUT2D eigenvalue weighted by molar-refractivity contribution is 0.487. The highest BCUT2D eigenvalue weighted by Gasteiger charge is 2.25. The minimum Gasteiger partial charge on any atom is -0.310 e. The second kappa shape index (κ2) is 5.55. The number of hydrogen-bond acceptors (Lipinski definition) is 1. The average molecular weight is 290 g/mol. The third kappa shape index (κ3) is 2.58. The molecule has 2 atom stereocenters. The van der Waals surface area contributed by atoms with Gasteiger partial charge in [0.1, 0.15) is 5.82 Å². The van der Waals surface area contributed by atoms with Crippen LogP contribution in [-0.2, 0) is 6.42 Å². The standard InChI is InChI=1S/C17H17ClFN/c1-11(12-6-7-16(18)17(19)9-12)20-10-14-8-13-4-2-3-5-15(13)14/h2-7,9,11,14,20H,8,10H2,1H3. The molecular formula is C17H17ClFN. The predicted octanol–water partition coefficient (Wildman–Crippen LogP) is 4.47. The highest BCUT2D eigenvalue weighted by atomic mass is 35.5. The summed E-state index contributed by atoms with van der Waals surface area (Å²) in [5, 5.41) is 3.65. The van der Waals surface area contributed by atoms with Crippen LogP contribution in [0.4, 0.5) is 4.39 Å². The van der Waals surface area contributed by atoms with Crippen LogP contribution in [0.2, 0.25) is 5.02 Å². The van der Waals surface area contributed by atoms with Gasteiger partial charge in [0, 0.05) is 18.5 Å². The summed E-state index contributed by atoms with van der Waals surface area (Å²) in [5.41, 5.74) is 3.82. The van der Waals surface area contributed by atoms with Gasteiger partial charge < -0.3 is 5.32 Å². The maximum Gasteiger partial charge on any atom is 0.142 e. The molecule has 0 heterocycles. The van der Waals surface area contributed by atoms with Crippen molar-refractivity contribution in [2.24, 2.45) is 0 Å². The van der Waals surface area contributed by atoms with Crippen LogP contribution in [-0.4, -0.2) is 6.54 Å². The van der Waals surface area contributed by atoms with Gasteiger partial charge in [-0.15, -0.1) is 0 Å². The summed E-state index contributed by atoms with van der Waals surface area (Å²) in [4.78, 5) is 0. The molecule has 0 bridgehead atoms. The number of fused-ring (bicyclic) bond motifs is 1. The topological polar surface area (TPSA) is 12.0 Å². The Hall–Kier alpha value is -1.38. The number of benzene rings is 2. The summed E-state index contributed by atoms with van der Waals surface area (Å²) in [5.74, 6) is 0.220. The quantitative estimate of drug-likeness (QED) is 0.876. The summed E-state index contributed by atoms with van der Waals surface area (Å²) in [7, 11) is 0. The van der Waals surface area contributed by atoms with Crippen LogP contribution in [0.1, 0.15) is 35.6 Å². The van der Waals surface area contributed by atoms with Crippen LogP contribution in [0.25, 0.3) is 0 Å². The van der Waals surface area contributed by atoms with Gasteiger partial charge in [0.05, 0.1) is 5.02 Å². The van der Waals surface area contributed by atoms with Gasteiger partial charge >= 0.3 is 0 Å². The lowest BCUT2D eigenvalue weighted by atomic mass is 9.77. The summed E-state index contributed by atoms with van der Waals surface area (Å²) >= 11 is 5.71. The second-order valence-electron chi connectivity index (χ2n) is 5.40. The van der Waals surface area contributed by atoms with Crippen molar-refractivity contribution in [3.05, 3.63) is 70.0 Å². The third-order valence-corrected chi connectivity index (χ3v) is 4.38. The molecule has 0 saturated carbocycles. The van der Waals surface area contributed by atoms with E-state index in [9.17, 15) is 4.39 Å². The Kier molecular flexibility index (Phi) is 3.77. The Morgan fingerprint density at radius 3 is 2.85 bits per heavy atom. The van der Waals surface area contributed by atoms with Gasteiger partial charge in [-0.05, 0) is 42.2 Å². The second-order valence-corrected chi connectivity index (χ2v) is 5.81. The lowest BCUT2D eigenvalue weighted by Gasteiger charge is -2.31. The van der Waals surface area contributed by atoms with Crippen molar-refractivity contribution in [2.75, 3.05) is 6.54 Å². The van der Waals surface area contributed by atoms with E-state index >= 15 is 0 Å². The summed E-state index contributed by atoms with van der Waals surface area (Å²) in [6.07, 6.45) is 1.13.